The maximum absolute atomic E-state index is 11.4. The van der Waals surface area contributed by atoms with Crippen molar-refractivity contribution >= 4 is 16.6 Å². The lowest BCUT2D eigenvalue weighted by molar-refractivity contribution is -0.384. The summed E-state index contributed by atoms with van der Waals surface area (Å²) in [6, 6.07) is 25.6. The molecule has 4 aromatic rings. The summed E-state index contributed by atoms with van der Waals surface area (Å²) in [5.41, 5.74) is 6.61. The van der Waals surface area contributed by atoms with Gasteiger partial charge >= 0.3 is 0 Å². The zero-order valence-electron chi connectivity index (χ0n) is 16.5. The molecule has 5 heteroatoms. The summed E-state index contributed by atoms with van der Waals surface area (Å²) in [6.07, 6.45) is 0.870. The van der Waals surface area contributed by atoms with Crippen molar-refractivity contribution in [3.8, 4) is 11.1 Å². The average Bonchev–Trinajstić information content (AvgIpc) is 2.78. The number of hydrogen-bond acceptors (Lipinski definition) is 4. The molecule has 148 valence electrons. The lowest BCUT2D eigenvalue weighted by atomic mass is 9.91. The Bertz CT molecular complexity index is 1220. The molecule has 0 atom stereocenters. The monoisotopic (exact) mass is 395 g/mol. The van der Waals surface area contributed by atoms with Gasteiger partial charge in [-0.2, -0.15) is 0 Å². The number of nitrogens with zero attached hydrogens (tertiary/aromatic N) is 3. The van der Waals surface area contributed by atoms with Crippen molar-refractivity contribution in [2.24, 2.45) is 0 Å². The van der Waals surface area contributed by atoms with Crippen LogP contribution in [0.25, 0.3) is 22.0 Å². The number of non-ortho nitro benzene ring substituents is 1. The third kappa shape index (κ3) is 3.44. The third-order valence-electron chi connectivity index (χ3n) is 5.72. The normalized spacial score (nSPS) is 13.9. The highest BCUT2D eigenvalue weighted by atomic mass is 16.6. The molecule has 0 saturated heterocycles. The van der Waals surface area contributed by atoms with Gasteiger partial charge in [0.25, 0.3) is 5.69 Å². The van der Waals surface area contributed by atoms with Crippen molar-refractivity contribution in [2.45, 2.75) is 19.5 Å². The minimum atomic E-state index is -0.338. The molecule has 0 unspecified atom stereocenters. The van der Waals surface area contributed by atoms with Crippen molar-refractivity contribution in [1.82, 2.24) is 9.88 Å². The lowest BCUT2D eigenvalue weighted by Crippen LogP contribution is -2.31. The minimum absolute atomic E-state index is 0.0957. The highest BCUT2D eigenvalue weighted by molar-refractivity contribution is 5.98. The van der Waals surface area contributed by atoms with Crippen LogP contribution in [0.15, 0.2) is 78.9 Å². The molecule has 30 heavy (non-hydrogen) atoms. The molecule has 0 spiro atoms. The van der Waals surface area contributed by atoms with Crippen LogP contribution in [-0.2, 0) is 19.5 Å². The molecule has 1 aliphatic rings. The van der Waals surface area contributed by atoms with Gasteiger partial charge in [0, 0.05) is 49.3 Å². The van der Waals surface area contributed by atoms with Crippen LogP contribution in [0.5, 0.6) is 0 Å². The van der Waals surface area contributed by atoms with Gasteiger partial charge in [-0.25, -0.2) is 0 Å². The summed E-state index contributed by atoms with van der Waals surface area (Å²) in [4.78, 5) is 18.4. The van der Waals surface area contributed by atoms with Gasteiger partial charge in [0.1, 0.15) is 0 Å². The SMILES string of the molecule is O=[N+]([O-])c1ccc2nc3c(c(-c4ccccc4)c2c1)CN(Cc1ccccc1)CC3. The van der Waals surface area contributed by atoms with Crippen LogP contribution in [0.3, 0.4) is 0 Å². The molecule has 5 nitrogen and oxygen atoms in total. The smallest absolute Gasteiger partial charge is 0.270 e. The quantitative estimate of drug-likeness (QED) is 0.344. The molecule has 0 amide bonds. The number of hydrogen-bond donors (Lipinski definition) is 0. The minimum Gasteiger partial charge on any atom is -0.294 e. The van der Waals surface area contributed by atoms with Gasteiger partial charge < -0.3 is 0 Å². The summed E-state index contributed by atoms with van der Waals surface area (Å²) in [5, 5.41) is 12.3. The number of aromatic nitrogens is 1. The van der Waals surface area contributed by atoms with Crippen LogP contribution < -0.4 is 0 Å². The zero-order chi connectivity index (χ0) is 20.5. The average molecular weight is 395 g/mol. The molecule has 0 aliphatic carbocycles. The van der Waals surface area contributed by atoms with E-state index >= 15 is 0 Å². The van der Waals surface area contributed by atoms with E-state index in [0.717, 1.165) is 53.8 Å². The van der Waals surface area contributed by atoms with E-state index in [1.807, 2.05) is 24.3 Å². The van der Waals surface area contributed by atoms with Crippen LogP contribution in [0.4, 0.5) is 5.69 Å². The number of nitro groups is 1. The molecule has 2 heterocycles. The van der Waals surface area contributed by atoms with Crippen LogP contribution in [0.2, 0.25) is 0 Å². The zero-order valence-corrected chi connectivity index (χ0v) is 16.5. The maximum atomic E-state index is 11.4. The van der Waals surface area contributed by atoms with Gasteiger partial charge in [-0.15, -0.1) is 0 Å². The van der Waals surface area contributed by atoms with E-state index in [4.69, 9.17) is 4.98 Å². The van der Waals surface area contributed by atoms with Crippen molar-refractivity contribution in [1.29, 1.82) is 0 Å². The van der Waals surface area contributed by atoms with Crippen LogP contribution in [0, 0.1) is 10.1 Å². The van der Waals surface area contributed by atoms with E-state index in [2.05, 4.69) is 41.3 Å². The highest BCUT2D eigenvalue weighted by Gasteiger charge is 2.24. The Balaban J connectivity index is 1.66. The fourth-order valence-electron chi connectivity index (χ4n) is 4.31. The predicted octanol–water partition coefficient (Wildman–Crippen LogP) is 5.37. The fourth-order valence-corrected chi connectivity index (χ4v) is 4.31. The van der Waals surface area contributed by atoms with Gasteiger partial charge in [0.05, 0.1) is 10.4 Å². The Morgan fingerprint density at radius 1 is 0.967 bits per heavy atom. The van der Waals surface area contributed by atoms with Gasteiger partial charge in [-0.3, -0.25) is 20.0 Å². The predicted molar refractivity (Wildman–Crippen MR) is 118 cm³/mol. The number of nitro benzene ring substituents is 1. The number of benzene rings is 3. The molecule has 0 fully saturated rings. The number of rotatable bonds is 4. The van der Waals surface area contributed by atoms with Crippen molar-refractivity contribution in [2.75, 3.05) is 6.54 Å². The molecule has 0 saturated carbocycles. The molecular formula is C25H21N3O2. The topological polar surface area (TPSA) is 59.3 Å². The van der Waals surface area contributed by atoms with Gasteiger partial charge in [-0.1, -0.05) is 60.7 Å². The van der Waals surface area contributed by atoms with E-state index in [1.165, 1.54) is 11.1 Å². The molecule has 1 aliphatic heterocycles. The lowest BCUT2D eigenvalue weighted by Gasteiger charge is -2.30. The first-order valence-corrected chi connectivity index (χ1v) is 10.1. The van der Waals surface area contributed by atoms with Crippen LogP contribution in [0.1, 0.15) is 16.8 Å². The Morgan fingerprint density at radius 3 is 2.43 bits per heavy atom. The molecule has 3 aromatic carbocycles. The number of fused-ring (bicyclic) bond motifs is 2. The van der Waals surface area contributed by atoms with Crippen molar-refractivity contribution in [3.63, 3.8) is 0 Å². The summed E-state index contributed by atoms with van der Waals surface area (Å²) in [7, 11) is 0. The second kappa shape index (κ2) is 7.69. The molecule has 1 aromatic heterocycles. The second-order valence-corrected chi connectivity index (χ2v) is 7.68. The molecular weight excluding hydrogens is 374 g/mol. The van der Waals surface area contributed by atoms with E-state index in [0.29, 0.717) is 0 Å². The Kier molecular flexibility index (Phi) is 4.73. The van der Waals surface area contributed by atoms with Crippen LogP contribution in [-0.4, -0.2) is 21.4 Å². The van der Waals surface area contributed by atoms with E-state index in [9.17, 15) is 10.1 Å². The first kappa shape index (κ1) is 18.5. The fraction of sp³-hybridized carbons (Fsp3) is 0.160. The number of pyridine rings is 1. The Morgan fingerprint density at radius 2 is 1.70 bits per heavy atom. The second-order valence-electron chi connectivity index (χ2n) is 7.68. The standard InChI is InChI=1S/C25H21N3O2/c29-28(30)20-11-12-23-21(15-20)25(19-9-5-2-6-10-19)22-17-27(14-13-24(22)26-23)16-18-7-3-1-4-8-18/h1-12,15H,13-14,16-17H2. The molecule has 0 radical (unpaired) electrons. The Labute approximate surface area is 174 Å². The van der Waals surface area contributed by atoms with Crippen molar-refractivity contribution < 1.29 is 4.92 Å². The van der Waals surface area contributed by atoms with Gasteiger partial charge in [0.2, 0.25) is 0 Å². The summed E-state index contributed by atoms with van der Waals surface area (Å²) in [6.45, 7) is 2.60. The van der Waals surface area contributed by atoms with E-state index < -0.39 is 0 Å². The largest absolute Gasteiger partial charge is 0.294 e. The maximum Gasteiger partial charge on any atom is 0.270 e. The van der Waals surface area contributed by atoms with Gasteiger partial charge in [-0.05, 0) is 28.3 Å². The molecule has 0 bridgehead atoms. The molecule has 0 N–H and O–H groups in total. The summed E-state index contributed by atoms with van der Waals surface area (Å²) >= 11 is 0. The van der Waals surface area contributed by atoms with Crippen molar-refractivity contribution in [3.05, 3.63) is 106 Å². The van der Waals surface area contributed by atoms with Gasteiger partial charge in [0.15, 0.2) is 0 Å². The van der Waals surface area contributed by atoms with Crippen LogP contribution >= 0.6 is 0 Å². The Hall–Kier alpha value is -3.57. The summed E-state index contributed by atoms with van der Waals surface area (Å²) < 4.78 is 0. The first-order valence-electron chi connectivity index (χ1n) is 10.1. The third-order valence-corrected chi connectivity index (χ3v) is 5.72. The van der Waals surface area contributed by atoms with E-state index in [1.54, 1.807) is 18.2 Å². The summed E-state index contributed by atoms with van der Waals surface area (Å²) in [5.74, 6) is 0. The first-order chi connectivity index (χ1) is 14.7. The van der Waals surface area contributed by atoms with E-state index in [-0.39, 0.29) is 10.6 Å². The molecule has 5 rings (SSSR count). The highest BCUT2D eigenvalue weighted by Crippen LogP contribution is 2.37.